The molecule has 1 aliphatic heterocycles. The summed E-state index contributed by atoms with van der Waals surface area (Å²) in [6, 6.07) is 20.6. The van der Waals surface area contributed by atoms with Crippen molar-refractivity contribution in [2.75, 3.05) is 0 Å². The minimum absolute atomic E-state index is 0.0265. The minimum atomic E-state index is -0.0265. The molecule has 3 aromatic rings. The van der Waals surface area contributed by atoms with E-state index in [9.17, 15) is 0 Å². The smallest absolute Gasteiger partial charge is 0.178 e. The van der Waals surface area contributed by atoms with Crippen molar-refractivity contribution in [3.63, 3.8) is 0 Å². The monoisotopic (exact) mass is 300 g/mol. The predicted octanol–water partition coefficient (Wildman–Crippen LogP) is 5.89. The molecule has 0 radical (unpaired) electrons. The molecule has 5 rings (SSSR count). The third-order valence-corrected chi connectivity index (χ3v) is 4.95. The van der Waals surface area contributed by atoms with Crippen LogP contribution < -0.4 is 9.47 Å². The zero-order chi connectivity index (χ0) is 15.6. The zero-order valence-corrected chi connectivity index (χ0v) is 13.1. The molecule has 0 saturated heterocycles. The van der Waals surface area contributed by atoms with Crippen molar-refractivity contribution in [1.29, 1.82) is 0 Å². The summed E-state index contributed by atoms with van der Waals surface area (Å²) in [4.78, 5) is 0. The summed E-state index contributed by atoms with van der Waals surface area (Å²) < 4.78 is 12.3. The quantitative estimate of drug-likeness (QED) is 0.403. The van der Waals surface area contributed by atoms with Crippen molar-refractivity contribution in [3.05, 3.63) is 71.8 Å². The zero-order valence-electron chi connectivity index (χ0n) is 13.1. The van der Waals surface area contributed by atoms with E-state index in [1.54, 1.807) is 0 Å². The Morgan fingerprint density at radius 3 is 2.17 bits per heavy atom. The molecule has 0 atom stereocenters. The van der Waals surface area contributed by atoms with E-state index in [2.05, 4.69) is 44.2 Å². The largest absolute Gasteiger partial charge is 0.449 e. The van der Waals surface area contributed by atoms with Gasteiger partial charge < -0.3 is 9.47 Å². The van der Waals surface area contributed by atoms with Gasteiger partial charge in [0.15, 0.2) is 23.0 Å². The minimum Gasteiger partial charge on any atom is -0.449 e. The maximum Gasteiger partial charge on any atom is 0.178 e. The first-order valence-corrected chi connectivity index (χ1v) is 7.88. The summed E-state index contributed by atoms with van der Waals surface area (Å²) in [6.45, 7) is 4.53. The first-order valence-electron chi connectivity index (χ1n) is 7.88. The Balaban J connectivity index is 1.80. The summed E-state index contributed by atoms with van der Waals surface area (Å²) in [5.74, 6) is 3.16. The molecule has 0 bridgehead atoms. The average Bonchev–Trinajstić information content (AvgIpc) is 2.81. The van der Waals surface area contributed by atoms with Crippen LogP contribution in [0.2, 0.25) is 0 Å². The van der Waals surface area contributed by atoms with Gasteiger partial charge in [0, 0.05) is 11.0 Å². The fourth-order valence-corrected chi connectivity index (χ4v) is 3.77. The number of hydrogen-bond acceptors (Lipinski definition) is 2. The molecule has 2 nitrogen and oxygen atoms in total. The van der Waals surface area contributed by atoms with E-state index in [4.69, 9.17) is 9.47 Å². The van der Waals surface area contributed by atoms with Crippen LogP contribution in [0.5, 0.6) is 23.0 Å². The van der Waals surface area contributed by atoms with Crippen LogP contribution in [0, 0.1) is 0 Å². The lowest BCUT2D eigenvalue weighted by atomic mass is 9.82. The van der Waals surface area contributed by atoms with E-state index >= 15 is 0 Å². The van der Waals surface area contributed by atoms with Crippen LogP contribution in [-0.2, 0) is 5.41 Å². The second kappa shape index (κ2) is 4.17. The Labute approximate surface area is 135 Å². The number of benzene rings is 3. The number of hydrogen-bond donors (Lipinski definition) is 0. The summed E-state index contributed by atoms with van der Waals surface area (Å²) >= 11 is 0. The van der Waals surface area contributed by atoms with Crippen molar-refractivity contribution in [2.45, 2.75) is 19.3 Å². The number of fused-ring (bicyclic) bond motifs is 6. The highest BCUT2D eigenvalue weighted by Crippen LogP contribution is 2.58. The molecule has 0 fully saturated rings. The maximum absolute atomic E-state index is 6.25. The van der Waals surface area contributed by atoms with Crippen LogP contribution in [-0.4, -0.2) is 0 Å². The van der Waals surface area contributed by atoms with E-state index in [1.165, 1.54) is 16.7 Å². The molecule has 0 amide bonds. The van der Waals surface area contributed by atoms with Gasteiger partial charge >= 0.3 is 0 Å². The lowest BCUT2D eigenvalue weighted by molar-refractivity contribution is 0.360. The second-order valence-electron chi connectivity index (χ2n) is 6.64. The Bertz CT molecular complexity index is 954. The van der Waals surface area contributed by atoms with Crippen LogP contribution in [0.1, 0.15) is 25.0 Å². The van der Waals surface area contributed by atoms with Gasteiger partial charge in [0.05, 0.1) is 0 Å². The molecular formula is C21H16O2. The first kappa shape index (κ1) is 12.8. The molecule has 0 saturated carbocycles. The van der Waals surface area contributed by atoms with E-state index in [0.29, 0.717) is 0 Å². The van der Waals surface area contributed by atoms with E-state index in [0.717, 1.165) is 28.6 Å². The van der Waals surface area contributed by atoms with Crippen LogP contribution in [0.3, 0.4) is 0 Å². The topological polar surface area (TPSA) is 18.5 Å². The molecule has 2 heteroatoms. The third-order valence-electron chi connectivity index (χ3n) is 4.95. The van der Waals surface area contributed by atoms with Gasteiger partial charge in [-0.25, -0.2) is 0 Å². The maximum atomic E-state index is 6.25. The van der Waals surface area contributed by atoms with Gasteiger partial charge in [-0.2, -0.15) is 0 Å². The Hall–Kier alpha value is -2.74. The van der Waals surface area contributed by atoms with Crippen molar-refractivity contribution in [3.8, 4) is 34.1 Å². The van der Waals surface area contributed by atoms with Gasteiger partial charge in [0.1, 0.15) is 0 Å². The lowest BCUT2D eigenvalue weighted by Gasteiger charge is -2.25. The molecule has 2 aliphatic rings. The molecule has 1 heterocycles. The molecular weight excluding hydrogens is 284 g/mol. The molecule has 0 N–H and O–H groups in total. The van der Waals surface area contributed by atoms with Crippen LogP contribution in [0.25, 0.3) is 11.1 Å². The molecule has 1 aliphatic carbocycles. The van der Waals surface area contributed by atoms with Crippen molar-refractivity contribution < 1.29 is 9.47 Å². The van der Waals surface area contributed by atoms with Gasteiger partial charge in [-0.3, -0.25) is 0 Å². The summed E-state index contributed by atoms with van der Waals surface area (Å²) in [6.07, 6.45) is 0. The molecule has 23 heavy (non-hydrogen) atoms. The number of ether oxygens (including phenoxy) is 2. The van der Waals surface area contributed by atoms with Crippen molar-refractivity contribution in [1.82, 2.24) is 0 Å². The fourth-order valence-electron chi connectivity index (χ4n) is 3.77. The van der Waals surface area contributed by atoms with Crippen LogP contribution in [0.4, 0.5) is 0 Å². The predicted molar refractivity (Wildman–Crippen MR) is 90.6 cm³/mol. The van der Waals surface area contributed by atoms with Gasteiger partial charge in [-0.15, -0.1) is 0 Å². The number of rotatable bonds is 0. The highest BCUT2D eigenvalue weighted by atomic mass is 16.6. The van der Waals surface area contributed by atoms with Crippen LogP contribution >= 0.6 is 0 Å². The van der Waals surface area contributed by atoms with Gasteiger partial charge in [-0.05, 0) is 34.9 Å². The number of para-hydroxylation sites is 2. The lowest BCUT2D eigenvalue weighted by Crippen LogP contribution is -2.15. The third kappa shape index (κ3) is 1.58. The standard InChI is InChI=1S/C21H16O2/c1-21(2)14-8-4-3-7-13(14)19-15(21)11-12-18-20(19)23-17-10-6-5-9-16(17)22-18/h3-12H,1-2H3. The van der Waals surface area contributed by atoms with Crippen molar-refractivity contribution >= 4 is 0 Å². The van der Waals surface area contributed by atoms with Crippen LogP contribution in [0.15, 0.2) is 60.7 Å². The Kier molecular flexibility index (Phi) is 2.31. The summed E-state index contributed by atoms with van der Waals surface area (Å²) in [5.41, 5.74) is 5.01. The molecule has 3 aromatic carbocycles. The summed E-state index contributed by atoms with van der Waals surface area (Å²) in [5, 5.41) is 0. The van der Waals surface area contributed by atoms with Crippen molar-refractivity contribution in [2.24, 2.45) is 0 Å². The van der Waals surface area contributed by atoms with Gasteiger partial charge in [-0.1, -0.05) is 56.3 Å². The van der Waals surface area contributed by atoms with E-state index < -0.39 is 0 Å². The SMILES string of the molecule is CC1(C)c2ccccc2-c2c1ccc1c2Oc2ccccc2O1. The molecule has 112 valence electrons. The van der Waals surface area contributed by atoms with E-state index in [1.807, 2.05) is 30.3 Å². The van der Waals surface area contributed by atoms with Gasteiger partial charge in [0.2, 0.25) is 0 Å². The fraction of sp³-hybridized carbons (Fsp3) is 0.143. The first-order chi connectivity index (χ1) is 11.2. The highest BCUT2D eigenvalue weighted by Gasteiger charge is 2.39. The second-order valence-corrected chi connectivity index (χ2v) is 6.64. The summed E-state index contributed by atoms with van der Waals surface area (Å²) in [7, 11) is 0. The molecule has 0 unspecified atom stereocenters. The average molecular weight is 300 g/mol. The molecule has 0 spiro atoms. The Morgan fingerprint density at radius 1 is 0.652 bits per heavy atom. The normalized spacial score (nSPS) is 15.6. The highest BCUT2D eigenvalue weighted by molar-refractivity contribution is 5.87. The van der Waals surface area contributed by atoms with E-state index in [-0.39, 0.29) is 5.41 Å². The van der Waals surface area contributed by atoms with Gasteiger partial charge in [0.25, 0.3) is 0 Å². The Morgan fingerprint density at radius 2 is 1.35 bits per heavy atom. The molecule has 0 aromatic heterocycles.